The molecule has 0 aliphatic heterocycles. The zero-order chi connectivity index (χ0) is 23.3. The zero-order valence-electron chi connectivity index (χ0n) is 17.5. The number of hydrogen-bond donors (Lipinski definition) is 1. The second-order valence-corrected chi connectivity index (χ2v) is 9.31. The summed E-state index contributed by atoms with van der Waals surface area (Å²) in [6.07, 6.45) is 0. The molecule has 1 atom stereocenters. The lowest BCUT2D eigenvalue weighted by Crippen LogP contribution is -2.41. The molecule has 6 nitrogen and oxygen atoms in total. The van der Waals surface area contributed by atoms with Crippen molar-refractivity contribution < 1.29 is 22.3 Å². The molecule has 0 heterocycles. The monoisotopic (exact) mass is 476 g/mol. The topological polar surface area (TPSA) is 75.7 Å². The van der Waals surface area contributed by atoms with E-state index in [-0.39, 0.29) is 16.4 Å². The summed E-state index contributed by atoms with van der Waals surface area (Å²) in [7, 11) is -2.61. The molecular formula is C23H22ClFN2O4S. The maximum Gasteiger partial charge on any atom is 0.264 e. The Balaban J connectivity index is 1.89. The van der Waals surface area contributed by atoms with Gasteiger partial charge in [-0.15, -0.1) is 0 Å². The maximum absolute atomic E-state index is 13.4. The minimum absolute atomic E-state index is 0.00217. The van der Waals surface area contributed by atoms with Gasteiger partial charge in [0.15, 0.2) is 0 Å². The lowest BCUT2D eigenvalue weighted by atomic mass is 10.1. The van der Waals surface area contributed by atoms with Crippen LogP contribution >= 0.6 is 11.6 Å². The largest absolute Gasteiger partial charge is 0.497 e. The molecule has 1 amide bonds. The second-order valence-electron chi connectivity index (χ2n) is 7.01. The van der Waals surface area contributed by atoms with Crippen LogP contribution in [0.25, 0.3) is 0 Å². The molecule has 0 radical (unpaired) electrons. The molecule has 3 rings (SSSR count). The van der Waals surface area contributed by atoms with E-state index in [4.69, 9.17) is 16.3 Å². The summed E-state index contributed by atoms with van der Waals surface area (Å²) < 4.78 is 46.0. The fourth-order valence-corrected chi connectivity index (χ4v) is 4.67. The van der Waals surface area contributed by atoms with E-state index in [0.29, 0.717) is 16.3 Å². The van der Waals surface area contributed by atoms with E-state index in [1.807, 2.05) is 0 Å². The van der Waals surface area contributed by atoms with Crippen LogP contribution in [0.3, 0.4) is 0 Å². The number of carbonyl (C=O) groups is 1. The summed E-state index contributed by atoms with van der Waals surface area (Å²) in [5.74, 6) is -0.409. The van der Waals surface area contributed by atoms with Crippen LogP contribution in [-0.2, 0) is 14.8 Å². The number of nitrogens with zero attached hydrogens (tertiary/aromatic N) is 1. The molecule has 0 aliphatic rings. The Morgan fingerprint density at radius 2 is 1.75 bits per heavy atom. The highest BCUT2D eigenvalue weighted by Crippen LogP contribution is 2.27. The van der Waals surface area contributed by atoms with Gasteiger partial charge in [-0.3, -0.25) is 9.10 Å². The Bertz CT molecular complexity index is 1190. The van der Waals surface area contributed by atoms with E-state index < -0.39 is 28.5 Å². The van der Waals surface area contributed by atoms with Crippen molar-refractivity contribution in [3.05, 3.63) is 89.2 Å². The lowest BCUT2D eigenvalue weighted by molar-refractivity contribution is -0.120. The molecule has 0 aromatic heterocycles. The third-order valence-corrected chi connectivity index (χ3v) is 6.80. The standard InChI is InChI=1S/C23H22ClFN2O4S/c1-16(17-6-8-19(25)9-7-17)26-23(28)15-27(20-5-3-4-18(24)14-20)32(29,30)22-12-10-21(31-2)11-13-22/h3-14,16H,15H2,1-2H3,(H,26,28)/t16-/m0/s1. The number of anilines is 1. The predicted octanol–water partition coefficient (Wildman–Crippen LogP) is 4.56. The SMILES string of the molecule is COc1ccc(S(=O)(=O)N(CC(=O)N[C@@H](C)c2ccc(F)cc2)c2cccc(Cl)c2)cc1. The Morgan fingerprint density at radius 1 is 1.09 bits per heavy atom. The summed E-state index contributed by atoms with van der Waals surface area (Å²) >= 11 is 6.07. The van der Waals surface area contributed by atoms with Gasteiger partial charge in [0.1, 0.15) is 18.1 Å². The number of nitrogens with one attached hydrogen (secondary N) is 1. The van der Waals surface area contributed by atoms with Gasteiger partial charge >= 0.3 is 0 Å². The Kier molecular flexibility index (Phi) is 7.37. The average molecular weight is 477 g/mol. The molecule has 168 valence electrons. The van der Waals surface area contributed by atoms with Gasteiger partial charge in [0, 0.05) is 5.02 Å². The first-order valence-electron chi connectivity index (χ1n) is 9.68. The fourth-order valence-electron chi connectivity index (χ4n) is 3.07. The highest BCUT2D eigenvalue weighted by molar-refractivity contribution is 7.92. The second kappa shape index (κ2) is 10.0. The van der Waals surface area contributed by atoms with Gasteiger partial charge in [-0.25, -0.2) is 12.8 Å². The predicted molar refractivity (Wildman–Crippen MR) is 122 cm³/mol. The molecule has 3 aromatic carbocycles. The summed E-state index contributed by atoms with van der Waals surface area (Å²) in [6, 6.07) is 17.4. The van der Waals surface area contributed by atoms with Crippen LogP contribution in [-0.4, -0.2) is 28.0 Å². The van der Waals surface area contributed by atoms with E-state index in [1.165, 1.54) is 49.6 Å². The van der Waals surface area contributed by atoms with Crippen molar-refractivity contribution in [1.29, 1.82) is 0 Å². The molecule has 0 aliphatic carbocycles. The van der Waals surface area contributed by atoms with Crippen LogP contribution < -0.4 is 14.4 Å². The molecule has 0 unspecified atom stereocenters. The summed E-state index contributed by atoms with van der Waals surface area (Å²) in [5.41, 5.74) is 0.935. The highest BCUT2D eigenvalue weighted by Gasteiger charge is 2.28. The van der Waals surface area contributed by atoms with Gasteiger partial charge in [-0.05, 0) is 67.1 Å². The normalized spacial score (nSPS) is 12.1. The van der Waals surface area contributed by atoms with E-state index in [2.05, 4.69) is 5.32 Å². The van der Waals surface area contributed by atoms with Crippen LogP contribution in [0.5, 0.6) is 5.75 Å². The quantitative estimate of drug-likeness (QED) is 0.517. The van der Waals surface area contributed by atoms with Crippen LogP contribution in [0.1, 0.15) is 18.5 Å². The third-order valence-electron chi connectivity index (χ3n) is 4.78. The Morgan fingerprint density at radius 3 is 2.34 bits per heavy atom. The van der Waals surface area contributed by atoms with Gasteiger partial charge in [0.2, 0.25) is 5.91 Å². The maximum atomic E-state index is 13.4. The van der Waals surface area contributed by atoms with Crippen LogP contribution in [0, 0.1) is 5.82 Å². The summed E-state index contributed by atoms with van der Waals surface area (Å²) in [6.45, 7) is 1.26. The molecule has 32 heavy (non-hydrogen) atoms. The van der Waals surface area contributed by atoms with Crippen LogP contribution in [0.4, 0.5) is 10.1 Å². The number of rotatable bonds is 8. The number of amides is 1. The molecule has 3 aromatic rings. The summed E-state index contributed by atoms with van der Waals surface area (Å²) in [5, 5.41) is 3.08. The van der Waals surface area contributed by atoms with Crippen molar-refractivity contribution >= 4 is 33.2 Å². The van der Waals surface area contributed by atoms with Crippen molar-refractivity contribution in [2.24, 2.45) is 0 Å². The van der Waals surface area contributed by atoms with Gasteiger partial charge in [0.05, 0.1) is 23.7 Å². The van der Waals surface area contributed by atoms with Crippen molar-refractivity contribution in [3.8, 4) is 5.75 Å². The first-order valence-corrected chi connectivity index (χ1v) is 11.5. The Labute approximate surface area is 191 Å². The minimum Gasteiger partial charge on any atom is -0.497 e. The zero-order valence-corrected chi connectivity index (χ0v) is 19.0. The van der Waals surface area contributed by atoms with Crippen molar-refractivity contribution in [1.82, 2.24) is 5.32 Å². The molecular weight excluding hydrogens is 455 g/mol. The summed E-state index contributed by atoms with van der Waals surface area (Å²) in [4.78, 5) is 12.8. The first kappa shape index (κ1) is 23.6. The van der Waals surface area contributed by atoms with Crippen molar-refractivity contribution in [2.75, 3.05) is 18.0 Å². The first-order chi connectivity index (χ1) is 15.2. The van der Waals surface area contributed by atoms with Gasteiger partial charge in [0.25, 0.3) is 10.0 Å². The smallest absolute Gasteiger partial charge is 0.264 e. The van der Waals surface area contributed by atoms with Gasteiger partial charge in [-0.2, -0.15) is 0 Å². The molecule has 0 spiro atoms. The molecule has 0 saturated heterocycles. The number of sulfonamides is 1. The number of halogens is 2. The van der Waals surface area contributed by atoms with E-state index in [9.17, 15) is 17.6 Å². The highest BCUT2D eigenvalue weighted by atomic mass is 35.5. The van der Waals surface area contributed by atoms with E-state index in [0.717, 1.165) is 4.31 Å². The number of hydrogen-bond acceptors (Lipinski definition) is 4. The molecule has 1 N–H and O–H groups in total. The number of benzene rings is 3. The lowest BCUT2D eigenvalue weighted by Gasteiger charge is -2.25. The van der Waals surface area contributed by atoms with Crippen molar-refractivity contribution in [2.45, 2.75) is 17.9 Å². The molecule has 0 bridgehead atoms. The Hall–Kier alpha value is -3.10. The minimum atomic E-state index is -4.09. The fraction of sp³-hybridized carbons (Fsp3) is 0.174. The van der Waals surface area contributed by atoms with Crippen LogP contribution in [0.15, 0.2) is 77.7 Å². The van der Waals surface area contributed by atoms with E-state index >= 15 is 0 Å². The number of ether oxygens (including phenoxy) is 1. The van der Waals surface area contributed by atoms with Gasteiger partial charge < -0.3 is 10.1 Å². The van der Waals surface area contributed by atoms with Crippen LogP contribution in [0.2, 0.25) is 5.02 Å². The third kappa shape index (κ3) is 5.57. The van der Waals surface area contributed by atoms with Crippen molar-refractivity contribution in [3.63, 3.8) is 0 Å². The average Bonchev–Trinajstić information content (AvgIpc) is 2.77. The number of carbonyl (C=O) groups excluding carboxylic acids is 1. The molecule has 9 heteroatoms. The van der Waals surface area contributed by atoms with Gasteiger partial charge in [-0.1, -0.05) is 29.8 Å². The number of methoxy groups -OCH3 is 1. The van der Waals surface area contributed by atoms with E-state index in [1.54, 1.807) is 37.3 Å². The molecule has 0 fully saturated rings. The molecule has 0 saturated carbocycles.